The highest BCUT2D eigenvalue weighted by atomic mass is 32.1. The predicted molar refractivity (Wildman–Crippen MR) is 92.9 cm³/mol. The van der Waals surface area contributed by atoms with E-state index in [2.05, 4.69) is 39.8 Å². The van der Waals surface area contributed by atoms with Crippen molar-refractivity contribution < 1.29 is 4.79 Å². The molecule has 0 bridgehead atoms. The third kappa shape index (κ3) is 4.25. The summed E-state index contributed by atoms with van der Waals surface area (Å²) in [5.41, 5.74) is 0. The lowest BCUT2D eigenvalue weighted by molar-refractivity contribution is 0.192. The van der Waals surface area contributed by atoms with Crippen LogP contribution in [-0.4, -0.2) is 53.4 Å². The molecule has 1 aliphatic rings. The molecule has 3 heterocycles. The molecule has 124 valence electrons. The van der Waals surface area contributed by atoms with Gasteiger partial charge in [-0.25, -0.2) is 4.79 Å². The summed E-state index contributed by atoms with van der Waals surface area (Å²) in [6, 6.07) is 6.17. The van der Waals surface area contributed by atoms with Gasteiger partial charge in [0.15, 0.2) is 0 Å². The zero-order valence-corrected chi connectivity index (χ0v) is 14.2. The molecule has 0 radical (unpaired) electrons. The number of hydrogen-bond acceptors (Lipinski definition) is 4. The summed E-state index contributed by atoms with van der Waals surface area (Å²) < 4.78 is 1.90. The fraction of sp³-hybridized carbons (Fsp3) is 0.500. The molecule has 6 nitrogen and oxygen atoms in total. The quantitative estimate of drug-likeness (QED) is 0.912. The van der Waals surface area contributed by atoms with E-state index in [1.54, 1.807) is 17.5 Å². The molecule has 1 fully saturated rings. The van der Waals surface area contributed by atoms with E-state index in [0.717, 1.165) is 32.7 Å². The second kappa shape index (κ2) is 7.50. The van der Waals surface area contributed by atoms with E-state index >= 15 is 0 Å². The summed E-state index contributed by atoms with van der Waals surface area (Å²) in [6.45, 7) is 6.96. The molecule has 0 aromatic carbocycles. The van der Waals surface area contributed by atoms with Gasteiger partial charge in [0, 0.05) is 51.7 Å². The van der Waals surface area contributed by atoms with Crippen LogP contribution in [0.4, 0.5) is 9.80 Å². The van der Waals surface area contributed by atoms with E-state index in [1.165, 1.54) is 5.00 Å². The van der Waals surface area contributed by atoms with E-state index in [0.29, 0.717) is 12.5 Å². The van der Waals surface area contributed by atoms with Gasteiger partial charge in [-0.1, -0.05) is 6.92 Å². The Hall–Kier alpha value is -2.02. The molecule has 0 unspecified atom stereocenters. The number of carbonyl (C=O) groups is 1. The highest BCUT2D eigenvalue weighted by molar-refractivity contribution is 7.14. The molecule has 3 rings (SSSR count). The second-order valence-corrected chi connectivity index (χ2v) is 6.87. The molecule has 1 aliphatic heterocycles. The van der Waals surface area contributed by atoms with E-state index < -0.39 is 0 Å². The van der Waals surface area contributed by atoms with Gasteiger partial charge in [-0.15, -0.1) is 11.3 Å². The molecule has 0 spiro atoms. The first-order valence-electron chi connectivity index (χ1n) is 8.01. The third-order valence-electron chi connectivity index (χ3n) is 4.04. The van der Waals surface area contributed by atoms with Crippen LogP contribution in [0.3, 0.4) is 0 Å². The van der Waals surface area contributed by atoms with Gasteiger partial charge in [0.1, 0.15) is 0 Å². The largest absolute Gasteiger partial charge is 0.360 e. The van der Waals surface area contributed by atoms with Crippen molar-refractivity contribution in [3.05, 3.63) is 36.0 Å². The lowest BCUT2D eigenvalue weighted by atomic mass is 10.2. The molecule has 1 N–H and O–H groups in total. The Labute approximate surface area is 140 Å². The first-order valence-corrected chi connectivity index (χ1v) is 8.89. The van der Waals surface area contributed by atoms with Crippen LogP contribution in [0.5, 0.6) is 0 Å². The fourth-order valence-electron chi connectivity index (χ4n) is 2.75. The van der Waals surface area contributed by atoms with Crippen LogP contribution in [0.2, 0.25) is 0 Å². The maximum Gasteiger partial charge on any atom is 0.317 e. The van der Waals surface area contributed by atoms with Crippen molar-refractivity contribution in [1.29, 1.82) is 0 Å². The van der Waals surface area contributed by atoms with Crippen molar-refractivity contribution in [2.24, 2.45) is 5.92 Å². The third-order valence-corrected chi connectivity index (χ3v) is 4.97. The fourth-order valence-corrected chi connectivity index (χ4v) is 3.53. The molecule has 2 aromatic rings. The first-order chi connectivity index (χ1) is 11.2. The predicted octanol–water partition coefficient (Wildman–Crippen LogP) is 2.11. The molecular formula is C16H23N5OS. The highest BCUT2D eigenvalue weighted by Crippen LogP contribution is 2.22. The number of carbonyl (C=O) groups excluding carboxylic acids is 1. The summed E-state index contributed by atoms with van der Waals surface area (Å²) in [6.07, 6.45) is 3.72. The van der Waals surface area contributed by atoms with E-state index in [-0.39, 0.29) is 6.03 Å². The zero-order valence-electron chi connectivity index (χ0n) is 13.4. The average Bonchev–Trinajstić information content (AvgIpc) is 3.26. The smallest absolute Gasteiger partial charge is 0.317 e. The van der Waals surface area contributed by atoms with Crippen molar-refractivity contribution in [1.82, 2.24) is 20.0 Å². The van der Waals surface area contributed by atoms with Crippen LogP contribution >= 0.6 is 11.3 Å². The molecule has 7 heteroatoms. The number of thiophene rings is 1. The van der Waals surface area contributed by atoms with E-state index in [9.17, 15) is 4.79 Å². The molecule has 2 aromatic heterocycles. The maximum absolute atomic E-state index is 12.3. The Morgan fingerprint density at radius 2 is 2.17 bits per heavy atom. The molecular weight excluding hydrogens is 310 g/mol. The standard InChI is InChI=1S/C16H23N5OS/c1-14(13-21-6-3-5-18-21)12-17-16(22)20-9-7-19(8-10-20)15-4-2-11-23-15/h2-6,11,14H,7-10,12-13H2,1H3,(H,17,22)/t14-/m0/s1. The Bertz CT molecular complexity index is 590. The second-order valence-electron chi connectivity index (χ2n) is 5.94. The number of nitrogens with zero attached hydrogens (tertiary/aromatic N) is 4. The lowest BCUT2D eigenvalue weighted by Crippen LogP contribution is -2.52. The Balaban J connectivity index is 1.39. The van der Waals surface area contributed by atoms with E-state index in [4.69, 9.17) is 0 Å². The van der Waals surface area contributed by atoms with Gasteiger partial charge in [0.2, 0.25) is 0 Å². The average molecular weight is 333 g/mol. The Kier molecular flexibility index (Phi) is 5.17. The van der Waals surface area contributed by atoms with Gasteiger partial charge >= 0.3 is 6.03 Å². The zero-order chi connectivity index (χ0) is 16.1. The Morgan fingerprint density at radius 1 is 1.35 bits per heavy atom. The van der Waals surface area contributed by atoms with Crippen LogP contribution in [0.15, 0.2) is 36.0 Å². The number of hydrogen-bond donors (Lipinski definition) is 1. The summed E-state index contributed by atoms with van der Waals surface area (Å²) in [4.78, 5) is 16.5. The number of urea groups is 1. The van der Waals surface area contributed by atoms with Crippen LogP contribution in [-0.2, 0) is 6.54 Å². The monoisotopic (exact) mass is 333 g/mol. The summed E-state index contributed by atoms with van der Waals surface area (Å²) in [5, 5.41) is 10.6. The lowest BCUT2D eigenvalue weighted by Gasteiger charge is -2.35. The van der Waals surface area contributed by atoms with Gasteiger partial charge in [0.05, 0.1) is 5.00 Å². The van der Waals surface area contributed by atoms with Crippen LogP contribution < -0.4 is 10.2 Å². The Morgan fingerprint density at radius 3 is 2.83 bits per heavy atom. The molecule has 1 saturated heterocycles. The van der Waals surface area contributed by atoms with Gasteiger partial charge in [-0.2, -0.15) is 5.10 Å². The van der Waals surface area contributed by atoms with Gasteiger partial charge in [-0.3, -0.25) is 4.68 Å². The number of aromatic nitrogens is 2. The SMILES string of the molecule is C[C@@H](CNC(=O)N1CCN(c2cccs2)CC1)Cn1cccn1. The molecule has 0 saturated carbocycles. The summed E-state index contributed by atoms with van der Waals surface area (Å²) in [7, 11) is 0. The summed E-state index contributed by atoms with van der Waals surface area (Å²) in [5.74, 6) is 0.353. The number of piperazine rings is 1. The first kappa shape index (κ1) is 15.9. The number of rotatable bonds is 5. The van der Waals surface area contributed by atoms with Crippen LogP contribution in [0, 0.1) is 5.92 Å². The number of nitrogens with one attached hydrogen (secondary N) is 1. The molecule has 1 atom stereocenters. The normalized spacial score (nSPS) is 16.4. The van der Waals surface area contributed by atoms with Crippen molar-refractivity contribution >= 4 is 22.4 Å². The summed E-state index contributed by atoms with van der Waals surface area (Å²) >= 11 is 1.75. The number of anilines is 1. The molecule has 2 amide bonds. The van der Waals surface area contributed by atoms with Crippen molar-refractivity contribution in [2.45, 2.75) is 13.5 Å². The van der Waals surface area contributed by atoms with Gasteiger partial charge in [0.25, 0.3) is 0 Å². The van der Waals surface area contributed by atoms with Crippen LogP contribution in [0.1, 0.15) is 6.92 Å². The minimum atomic E-state index is 0.0446. The molecule has 23 heavy (non-hydrogen) atoms. The van der Waals surface area contributed by atoms with Crippen LogP contribution in [0.25, 0.3) is 0 Å². The maximum atomic E-state index is 12.3. The number of amides is 2. The minimum absolute atomic E-state index is 0.0446. The van der Waals surface area contributed by atoms with E-state index in [1.807, 2.05) is 21.8 Å². The molecule has 0 aliphatic carbocycles. The van der Waals surface area contributed by atoms with Crippen molar-refractivity contribution in [2.75, 3.05) is 37.6 Å². The van der Waals surface area contributed by atoms with Gasteiger partial charge < -0.3 is 15.1 Å². The van der Waals surface area contributed by atoms with Crippen molar-refractivity contribution in [3.63, 3.8) is 0 Å². The highest BCUT2D eigenvalue weighted by Gasteiger charge is 2.21. The topological polar surface area (TPSA) is 53.4 Å². The van der Waals surface area contributed by atoms with Gasteiger partial charge in [-0.05, 0) is 29.5 Å². The van der Waals surface area contributed by atoms with Crippen molar-refractivity contribution in [3.8, 4) is 0 Å². The minimum Gasteiger partial charge on any atom is -0.360 e.